The van der Waals surface area contributed by atoms with E-state index in [2.05, 4.69) is 29.4 Å². The van der Waals surface area contributed by atoms with E-state index in [-0.39, 0.29) is 0 Å². The molecule has 0 bridgehead atoms. The second-order valence-electron chi connectivity index (χ2n) is 3.95. The molecule has 0 amide bonds. The minimum Gasteiger partial charge on any atom is -0.380 e. The first kappa shape index (κ1) is 13.1. The summed E-state index contributed by atoms with van der Waals surface area (Å²) >= 11 is 0. The van der Waals surface area contributed by atoms with Gasteiger partial charge in [0.2, 0.25) is 0 Å². The van der Waals surface area contributed by atoms with E-state index < -0.39 is 0 Å². The van der Waals surface area contributed by atoms with Crippen molar-refractivity contribution in [3.05, 3.63) is 30.1 Å². The molecule has 0 radical (unpaired) electrons. The highest BCUT2D eigenvalue weighted by Crippen LogP contribution is 2.04. The van der Waals surface area contributed by atoms with Gasteiger partial charge in [-0.3, -0.25) is 4.98 Å². The maximum absolute atomic E-state index is 5.55. The summed E-state index contributed by atoms with van der Waals surface area (Å²) in [4.78, 5) is 4.01. The van der Waals surface area contributed by atoms with Crippen molar-refractivity contribution in [2.45, 2.75) is 32.2 Å². The van der Waals surface area contributed by atoms with Crippen LogP contribution in [0.3, 0.4) is 0 Å². The van der Waals surface area contributed by atoms with Gasteiger partial charge in [0.1, 0.15) is 0 Å². The molecule has 3 heteroatoms. The van der Waals surface area contributed by atoms with Crippen LogP contribution in [0.2, 0.25) is 0 Å². The van der Waals surface area contributed by atoms with Gasteiger partial charge in [0.25, 0.3) is 0 Å². The van der Waals surface area contributed by atoms with Gasteiger partial charge >= 0.3 is 0 Å². The van der Waals surface area contributed by atoms with Gasteiger partial charge in [-0.25, -0.2) is 0 Å². The molecule has 0 aliphatic rings. The molecule has 1 N–H and O–H groups in total. The SMILES string of the molecule is CCCOCC(CCc1ccncc1)NC. The van der Waals surface area contributed by atoms with Crippen LogP contribution in [0.25, 0.3) is 0 Å². The number of aromatic nitrogens is 1. The van der Waals surface area contributed by atoms with Crippen molar-refractivity contribution < 1.29 is 4.74 Å². The van der Waals surface area contributed by atoms with Crippen LogP contribution in [0.15, 0.2) is 24.5 Å². The Morgan fingerprint density at radius 1 is 1.38 bits per heavy atom. The molecule has 1 heterocycles. The van der Waals surface area contributed by atoms with Gasteiger partial charge in [0, 0.05) is 25.0 Å². The van der Waals surface area contributed by atoms with Crippen LogP contribution in [-0.4, -0.2) is 31.3 Å². The lowest BCUT2D eigenvalue weighted by Crippen LogP contribution is -2.31. The lowest BCUT2D eigenvalue weighted by molar-refractivity contribution is 0.111. The van der Waals surface area contributed by atoms with Crippen LogP contribution in [0.1, 0.15) is 25.3 Å². The van der Waals surface area contributed by atoms with Crippen molar-refractivity contribution in [2.75, 3.05) is 20.3 Å². The molecule has 1 atom stereocenters. The average molecular weight is 222 g/mol. The number of hydrogen-bond acceptors (Lipinski definition) is 3. The van der Waals surface area contributed by atoms with E-state index in [1.54, 1.807) is 0 Å². The zero-order valence-electron chi connectivity index (χ0n) is 10.3. The van der Waals surface area contributed by atoms with E-state index in [0.717, 1.165) is 32.5 Å². The summed E-state index contributed by atoms with van der Waals surface area (Å²) < 4.78 is 5.55. The average Bonchev–Trinajstić information content (AvgIpc) is 2.35. The quantitative estimate of drug-likeness (QED) is 0.683. The Balaban J connectivity index is 2.23. The number of ether oxygens (including phenoxy) is 1. The van der Waals surface area contributed by atoms with Gasteiger partial charge in [-0.2, -0.15) is 0 Å². The van der Waals surface area contributed by atoms with Crippen LogP contribution < -0.4 is 5.32 Å². The molecule has 0 aromatic carbocycles. The minimum absolute atomic E-state index is 0.444. The molecule has 0 saturated heterocycles. The Kier molecular flexibility index (Phi) is 6.77. The fourth-order valence-corrected chi connectivity index (χ4v) is 1.57. The van der Waals surface area contributed by atoms with Gasteiger partial charge in [0.15, 0.2) is 0 Å². The molecular formula is C13H22N2O. The highest BCUT2D eigenvalue weighted by molar-refractivity contribution is 5.09. The van der Waals surface area contributed by atoms with E-state index >= 15 is 0 Å². The van der Waals surface area contributed by atoms with Crippen LogP contribution in [0, 0.1) is 0 Å². The monoisotopic (exact) mass is 222 g/mol. The topological polar surface area (TPSA) is 34.1 Å². The molecule has 0 saturated carbocycles. The van der Waals surface area contributed by atoms with Gasteiger partial charge in [0.05, 0.1) is 6.61 Å². The van der Waals surface area contributed by atoms with Crippen molar-refractivity contribution in [2.24, 2.45) is 0 Å². The highest BCUT2D eigenvalue weighted by Gasteiger charge is 2.05. The van der Waals surface area contributed by atoms with Gasteiger partial charge < -0.3 is 10.1 Å². The van der Waals surface area contributed by atoms with Gasteiger partial charge in [-0.15, -0.1) is 0 Å². The van der Waals surface area contributed by atoms with Crippen molar-refractivity contribution in [3.63, 3.8) is 0 Å². The summed E-state index contributed by atoms with van der Waals surface area (Å²) in [7, 11) is 1.99. The third-order valence-electron chi connectivity index (χ3n) is 2.61. The molecule has 0 fully saturated rings. The zero-order valence-corrected chi connectivity index (χ0v) is 10.3. The van der Waals surface area contributed by atoms with E-state index in [1.807, 2.05) is 19.4 Å². The Labute approximate surface area is 98.2 Å². The molecule has 16 heavy (non-hydrogen) atoms. The van der Waals surface area contributed by atoms with Gasteiger partial charge in [-0.1, -0.05) is 6.92 Å². The molecule has 0 spiro atoms. The molecule has 1 aromatic rings. The largest absolute Gasteiger partial charge is 0.380 e. The van der Waals surface area contributed by atoms with E-state index in [1.165, 1.54) is 5.56 Å². The van der Waals surface area contributed by atoms with Crippen LogP contribution in [0.5, 0.6) is 0 Å². The molecule has 1 unspecified atom stereocenters. The second-order valence-corrected chi connectivity index (χ2v) is 3.95. The summed E-state index contributed by atoms with van der Waals surface area (Å²) in [6.45, 7) is 3.79. The number of rotatable bonds is 8. The molecule has 3 nitrogen and oxygen atoms in total. The number of aryl methyl sites for hydroxylation is 1. The predicted octanol–water partition coefficient (Wildman–Crippen LogP) is 2.03. The minimum atomic E-state index is 0.444. The number of nitrogens with one attached hydrogen (secondary N) is 1. The number of hydrogen-bond donors (Lipinski definition) is 1. The first-order valence-corrected chi connectivity index (χ1v) is 6.00. The van der Waals surface area contributed by atoms with Crippen molar-refractivity contribution in [3.8, 4) is 0 Å². The predicted molar refractivity (Wildman–Crippen MR) is 66.5 cm³/mol. The number of nitrogens with zero attached hydrogens (tertiary/aromatic N) is 1. The van der Waals surface area contributed by atoms with Crippen molar-refractivity contribution in [1.29, 1.82) is 0 Å². The molecule has 1 aromatic heterocycles. The summed E-state index contributed by atoms with van der Waals surface area (Å²) in [6.07, 6.45) is 6.95. The maximum atomic E-state index is 5.55. The maximum Gasteiger partial charge on any atom is 0.0619 e. The third kappa shape index (κ3) is 5.24. The molecule has 1 rings (SSSR count). The molecule has 0 aliphatic heterocycles. The van der Waals surface area contributed by atoms with Crippen molar-refractivity contribution in [1.82, 2.24) is 10.3 Å². The Hall–Kier alpha value is -0.930. The Bertz CT molecular complexity index is 264. The summed E-state index contributed by atoms with van der Waals surface area (Å²) in [5.74, 6) is 0. The lowest BCUT2D eigenvalue weighted by Gasteiger charge is -2.16. The summed E-state index contributed by atoms with van der Waals surface area (Å²) in [5.41, 5.74) is 1.34. The van der Waals surface area contributed by atoms with Crippen molar-refractivity contribution >= 4 is 0 Å². The highest BCUT2D eigenvalue weighted by atomic mass is 16.5. The number of likely N-dealkylation sites (N-methyl/N-ethyl adjacent to an activating group) is 1. The summed E-state index contributed by atoms with van der Waals surface area (Å²) in [5, 5.41) is 3.29. The Morgan fingerprint density at radius 2 is 2.12 bits per heavy atom. The van der Waals surface area contributed by atoms with E-state index in [0.29, 0.717) is 6.04 Å². The standard InChI is InChI=1S/C13H22N2O/c1-3-10-16-11-13(14-2)5-4-12-6-8-15-9-7-12/h6-9,13-14H,3-5,10-11H2,1-2H3. The fraction of sp³-hybridized carbons (Fsp3) is 0.615. The first-order valence-electron chi connectivity index (χ1n) is 6.00. The third-order valence-corrected chi connectivity index (χ3v) is 2.61. The van der Waals surface area contributed by atoms with E-state index in [4.69, 9.17) is 4.74 Å². The van der Waals surface area contributed by atoms with Crippen LogP contribution in [-0.2, 0) is 11.2 Å². The van der Waals surface area contributed by atoms with E-state index in [9.17, 15) is 0 Å². The number of pyridine rings is 1. The molecule has 0 aliphatic carbocycles. The van der Waals surface area contributed by atoms with Crippen LogP contribution in [0.4, 0.5) is 0 Å². The fourth-order valence-electron chi connectivity index (χ4n) is 1.57. The second kappa shape index (κ2) is 8.25. The molecule has 90 valence electrons. The smallest absolute Gasteiger partial charge is 0.0619 e. The van der Waals surface area contributed by atoms with Crippen LogP contribution >= 0.6 is 0 Å². The lowest BCUT2D eigenvalue weighted by atomic mass is 10.1. The Morgan fingerprint density at radius 3 is 2.75 bits per heavy atom. The first-order chi connectivity index (χ1) is 7.86. The summed E-state index contributed by atoms with van der Waals surface area (Å²) in [6, 6.07) is 4.58. The normalized spacial score (nSPS) is 12.6. The van der Waals surface area contributed by atoms with Gasteiger partial charge in [-0.05, 0) is 44.0 Å². The zero-order chi connectivity index (χ0) is 11.6. The molecular weight excluding hydrogens is 200 g/mol.